The number of nitrogens with zero attached hydrogens (tertiary/aromatic N) is 2. The van der Waals surface area contributed by atoms with E-state index in [1.165, 1.54) is 9.95 Å². The lowest BCUT2D eigenvalue weighted by Gasteiger charge is -2.11. The van der Waals surface area contributed by atoms with Crippen molar-refractivity contribution < 1.29 is 14.7 Å². The van der Waals surface area contributed by atoms with Crippen LogP contribution in [0.4, 0.5) is 0 Å². The monoisotopic (exact) mass is 323 g/mol. The number of carboxylic acids is 1. The highest BCUT2D eigenvalue weighted by Crippen LogP contribution is 2.21. The van der Waals surface area contributed by atoms with E-state index < -0.39 is 11.5 Å². The Bertz CT molecular complexity index is 791. The van der Waals surface area contributed by atoms with Gasteiger partial charge in [0, 0.05) is 11.9 Å². The molecule has 0 atom stereocenters. The van der Waals surface area contributed by atoms with Crippen molar-refractivity contribution in [3.05, 3.63) is 27.1 Å². The number of amides is 1. The third kappa shape index (κ3) is 3.16. The number of aromatic carboxylic acids is 1. The van der Waals surface area contributed by atoms with Crippen molar-refractivity contribution in [2.75, 3.05) is 6.54 Å². The summed E-state index contributed by atoms with van der Waals surface area (Å²) in [6.45, 7) is 5.90. The van der Waals surface area contributed by atoms with Crippen LogP contribution < -0.4 is 10.9 Å². The molecule has 0 aromatic carbocycles. The van der Waals surface area contributed by atoms with Crippen LogP contribution in [0, 0.1) is 12.8 Å². The van der Waals surface area contributed by atoms with Gasteiger partial charge in [-0.15, -0.1) is 11.3 Å². The van der Waals surface area contributed by atoms with Crippen LogP contribution in [0.3, 0.4) is 0 Å². The molecule has 118 valence electrons. The second-order valence-electron chi connectivity index (χ2n) is 5.38. The fraction of sp³-hybridized carbons (Fsp3) is 0.429. The number of thiophene rings is 1. The summed E-state index contributed by atoms with van der Waals surface area (Å²) in [5.74, 6) is -0.786. The molecule has 0 aliphatic heterocycles. The molecule has 2 aromatic rings. The van der Waals surface area contributed by atoms with Crippen LogP contribution in [0.5, 0.6) is 0 Å². The maximum absolute atomic E-state index is 12.5. The van der Waals surface area contributed by atoms with Gasteiger partial charge in [-0.3, -0.25) is 14.2 Å². The summed E-state index contributed by atoms with van der Waals surface area (Å²) in [6.07, 6.45) is 0. The number of nitrogens with one attached hydrogen (secondary N) is 1. The van der Waals surface area contributed by atoms with E-state index in [1.54, 1.807) is 6.92 Å². The Kier molecular flexibility index (Phi) is 4.60. The molecule has 1 amide bonds. The van der Waals surface area contributed by atoms with E-state index in [0.717, 1.165) is 11.3 Å². The first-order chi connectivity index (χ1) is 10.3. The van der Waals surface area contributed by atoms with Gasteiger partial charge in [-0.05, 0) is 12.8 Å². The zero-order valence-electron chi connectivity index (χ0n) is 12.5. The Labute approximate surface area is 130 Å². The topological polar surface area (TPSA) is 101 Å². The molecule has 0 aliphatic carbocycles. The lowest BCUT2D eigenvalue weighted by molar-refractivity contribution is -0.121. The Morgan fingerprint density at radius 2 is 2.14 bits per heavy atom. The van der Waals surface area contributed by atoms with Gasteiger partial charge in [0.25, 0.3) is 5.56 Å². The summed E-state index contributed by atoms with van der Waals surface area (Å²) >= 11 is 1.11. The summed E-state index contributed by atoms with van der Waals surface area (Å²) in [4.78, 5) is 40.2. The van der Waals surface area contributed by atoms with Gasteiger partial charge in [-0.25, -0.2) is 9.78 Å². The maximum Gasteiger partial charge on any atom is 0.337 e. The highest BCUT2D eigenvalue weighted by molar-refractivity contribution is 7.17. The standard InChI is InChI=1S/C14H17N3O4S/c1-7(2)4-15-10(18)5-17-8(3)16-12-11(13(17)19)9(6-22-12)14(20)21/h6-7H,4-5H2,1-3H3,(H,15,18)(H,20,21). The van der Waals surface area contributed by atoms with E-state index in [4.69, 9.17) is 5.11 Å². The number of carboxylic acid groups (broad SMARTS) is 1. The third-order valence-electron chi connectivity index (χ3n) is 3.12. The molecule has 0 radical (unpaired) electrons. The van der Waals surface area contributed by atoms with Crippen molar-refractivity contribution in [1.82, 2.24) is 14.9 Å². The molecule has 0 unspecified atom stereocenters. The van der Waals surface area contributed by atoms with Crippen molar-refractivity contribution >= 4 is 33.4 Å². The van der Waals surface area contributed by atoms with Crippen LogP contribution in [-0.2, 0) is 11.3 Å². The third-order valence-corrected chi connectivity index (χ3v) is 4.00. The van der Waals surface area contributed by atoms with Gasteiger partial charge in [0.15, 0.2) is 0 Å². The maximum atomic E-state index is 12.5. The quantitative estimate of drug-likeness (QED) is 0.862. The first-order valence-corrected chi connectivity index (χ1v) is 7.67. The van der Waals surface area contributed by atoms with E-state index >= 15 is 0 Å². The molecule has 2 N–H and O–H groups in total. The molecular formula is C14H17N3O4S. The number of rotatable bonds is 5. The molecule has 7 nitrogen and oxygen atoms in total. The molecule has 0 bridgehead atoms. The number of carbonyl (C=O) groups is 2. The second-order valence-corrected chi connectivity index (χ2v) is 6.24. The Morgan fingerprint density at radius 3 is 2.73 bits per heavy atom. The van der Waals surface area contributed by atoms with Crippen molar-refractivity contribution in [1.29, 1.82) is 0 Å². The van der Waals surface area contributed by atoms with E-state index in [-0.39, 0.29) is 23.4 Å². The Balaban J connectivity index is 2.41. The van der Waals surface area contributed by atoms with Crippen molar-refractivity contribution in [2.45, 2.75) is 27.3 Å². The minimum absolute atomic E-state index is 0.0553. The second kappa shape index (κ2) is 6.27. The predicted octanol–water partition coefficient (Wildman–Crippen LogP) is 1.24. The van der Waals surface area contributed by atoms with E-state index in [1.807, 2.05) is 13.8 Å². The lowest BCUT2D eigenvalue weighted by atomic mass is 10.2. The molecule has 2 heterocycles. The van der Waals surface area contributed by atoms with E-state index in [2.05, 4.69) is 10.3 Å². The summed E-state index contributed by atoms with van der Waals surface area (Å²) in [5, 5.41) is 13.3. The van der Waals surface area contributed by atoms with Gasteiger partial charge in [0.1, 0.15) is 17.2 Å². The van der Waals surface area contributed by atoms with Gasteiger partial charge in [0.2, 0.25) is 5.91 Å². The molecular weight excluding hydrogens is 306 g/mol. The SMILES string of the molecule is Cc1nc2scc(C(=O)O)c2c(=O)n1CC(=O)NCC(C)C. The van der Waals surface area contributed by atoms with Crippen LogP contribution >= 0.6 is 11.3 Å². The average molecular weight is 323 g/mol. The summed E-state index contributed by atoms with van der Waals surface area (Å²) in [6, 6.07) is 0. The molecule has 8 heteroatoms. The highest BCUT2D eigenvalue weighted by Gasteiger charge is 2.19. The Morgan fingerprint density at radius 1 is 1.45 bits per heavy atom. The normalized spacial score (nSPS) is 11.1. The fourth-order valence-corrected chi connectivity index (χ4v) is 2.94. The van der Waals surface area contributed by atoms with Crippen LogP contribution in [-0.4, -0.2) is 33.1 Å². The smallest absolute Gasteiger partial charge is 0.337 e. The zero-order valence-corrected chi connectivity index (χ0v) is 13.4. The minimum Gasteiger partial charge on any atom is -0.478 e. The van der Waals surface area contributed by atoms with Crippen molar-refractivity contribution in [3.63, 3.8) is 0 Å². The molecule has 22 heavy (non-hydrogen) atoms. The van der Waals surface area contributed by atoms with Gasteiger partial charge < -0.3 is 10.4 Å². The summed E-state index contributed by atoms with van der Waals surface area (Å²) in [5.41, 5.74) is -0.574. The van der Waals surface area contributed by atoms with Crippen LogP contribution in [0.15, 0.2) is 10.2 Å². The summed E-state index contributed by atoms with van der Waals surface area (Å²) in [7, 11) is 0. The predicted molar refractivity (Wildman–Crippen MR) is 83.4 cm³/mol. The van der Waals surface area contributed by atoms with Gasteiger partial charge in [0.05, 0.1) is 10.9 Å². The van der Waals surface area contributed by atoms with Crippen LogP contribution in [0.1, 0.15) is 30.0 Å². The molecule has 0 saturated carbocycles. The molecule has 0 spiro atoms. The minimum atomic E-state index is -1.18. The molecule has 0 saturated heterocycles. The highest BCUT2D eigenvalue weighted by atomic mass is 32.1. The number of aryl methyl sites for hydroxylation is 1. The molecule has 2 aromatic heterocycles. The van der Waals surface area contributed by atoms with Gasteiger partial charge in [-0.2, -0.15) is 0 Å². The van der Waals surface area contributed by atoms with Gasteiger partial charge in [-0.1, -0.05) is 13.8 Å². The molecule has 2 rings (SSSR count). The lowest BCUT2D eigenvalue weighted by Crippen LogP contribution is -2.35. The van der Waals surface area contributed by atoms with Gasteiger partial charge >= 0.3 is 5.97 Å². The molecule has 0 fully saturated rings. The van der Waals surface area contributed by atoms with Crippen LogP contribution in [0.2, 0.25) is 0 Å². The number of fused-ring (bicyclic) bond motifs is 1. The number of hydrogen-bond donors (Lipinski definition) is 2. The first kappa shape index (κ1) is 16.2. The molecule has 0 aliphatic rings. The number of hydrogen-bond acceptors (Lipinski definition) is 5. The zero-order chi connectivity index (χ0) is 16.4. The largest absolute Gasteiger partial charge is 0.478 e. The number of aromatic nitrogens is 2. The van der Waals surface area contributed by atoms with Crippen molar-refractivity contribution in [3.8, 4) is 0 Å². The Hall–Kier alpha value is -2.22. The van der Waals surface area contributed by atoms with E-state index in [0.29, 0.717) is 23.1 Å². The van der Waals surface area contributed by atoms with Crippen molar-refractivity contribution in [2.24, 2.45) is 5.92 Å². The van der Waals surface area contributed by atoms with Crippen LogP contribution in [0.25, 0.3) is 10.2 Å². The first-order valence-electron chi connectivity index (χ1n) is 6.80. The summed E-state index contributed by atoms with van der Waals surface area (Å²) < 4.78 is 1.21. The number of carbonyl (C=O) groups excluding carboxylic acids is 1. The van der Waals surface area contributed by atoms with E-state index in [9.17, 15) is 14.4 Å². The fourth-order valence-electron chi connectivity index (χ4n) is 1.99. The average Bonchev–Trinajstić information content (AvgIpc) is 2.85.